The minimum atomic E-state index is -0.0965. The van der Waals surface area contributed by atoms with Crippen molar-refractivity contribution >= 4 is 34.3 Å². The van der Waals surface area contributed by atoms with Gasteiger partial charge in [0.2, 0.25) is 0 Å². The Bertz CT molecular complexity index is 463. The predicted molar refractivity (Wildman–Crippen MR) is 66.9 cm³/mol. The molecule has 0 bridgehead atoms. The van der Waals surface area contributed by atoms with E-state index in [1.54, 1.807) is 12.1 Å². The van der Waals surface area contributed by atoms with Gasteiger partial charge in [-0.3, -0.25) is 4.79 Å². The molecule has 5 heteroatoms. The topological polar surface area (TPSA) is 42.9 Å². The highest BCUT2D eigenvalue weighted by atomic mass is 79.9. The van der Waals surface area contributed by atoms with Gasteiger partial charge in [-0.1, -0.05) is 15.9 Å². The van der Waals surface area contributed by atoms with E-state index < -0.39 is 0 Å². The van der Waals surface area contributed by atoms with E-state index >= 15 is 0 Å². The number of rotatable bonds is 2. The quantitative estimate of drug-likeness (QED) is 0.526. The van der Waals surface area contributed by atoms with E-state index in [-0.39, 0.29) is 5.78 Å². The molecule has 0 saturated heterocycles. The average Bonchev–Trinajstić information content (AvgIpc) is 2.30. The average molecular weight is 295 g/mol. The molecule has 0 saturated carbocycles. The number of carbonyl (C=O) groups is 1. The molecule has 1 heterocycles. The molecule has 80 valence electrons. The maximum Gasteiger partial charge on any atom is 0.196 e. The first-order valence-corrected chi connectivity index (χ1v) is 5.72. The van der Waals surface area contributed by atoms with Crippen molar-refractivity contribution in [2.75, 3.05) is 0 Å². The SMILES string of the molecule is O=C(c1ccc(Br)cc1)c1cnc(S)nc1. The van der Waals surface area contributed by atoms with Gasteiger partial charge in [-0.25, -0.2) is 9.97 Å². The zero-order valence-electron chi connectivity index (χ0n) is 8.09. The van der Waals surface area contributed by atoms with Gasteiger partial charge < -0.3 is 0 Å². The van der Waals surface area contributed by atoms with Gasteiger partial charge >= 0.3 is 0 Å². The second kappa shape index (κ2) is 4.76. The van der Waals surface area contributed by atoms with Crippen LogP contribution in [0.4, 0.5) is 0 Å². The minimum absolute atomic E-state index is 0.0965. The fourth-order valence-corrected chi connectivity index (χ4v) is 1.59. The van der Waals surface area contributed by atoms with Crippen LogP contribution in [0.15, 0.2) is 46.3 Å². The molecule has 1 aromatic carbocycles. The van der Waals surface area contributed by atoms with Crippen LogP contribution in [0.5, 0.6) is 0 Å². The van der Waals surface area contributed by atoms with Crippen molar-refractivity contribution in [1.29, 1.82) is 0 Å². The molecule has 0 atom stereocenters. The van der Waals surface area contributed by atoms with Crippen molar-refractivity contribution in [2.24, 2.45) is 0 Å². The monoisotopic (exact) mass is 294 g/mol. The fraction of sp³-hybridized carbons (Fsp3) is 0. The highest BCUT2D eigenvalue weighted by molar-refractivity contribution is 9.10. The number of ketones is 1. The van der Waals surface area contributed by atoms with Crippen molar-refractivity contribution in [2.45, 2.75) is 5.16 Å². The maximum atomic E-state index is 11.9. The summed E-state index contributed by atoms with van der Waals surface area (Å²) in [5.74, 6) is -0.0965. The number of hydrogen-bond acceptors (Lipinski definition) is 4. The molecule has 0 aliphatic heterocycles. The lowest BCUT2D eigenvalue weighted by Crippen LogP contribution is -2.02. The summed E-state index contributed by atoms with van der Waals surface area (Å²) in [5, 5.41) is 0.354. The molecule has 0 radical (unpaired) electrons. The normalized spacial score (nSPS) is 10.1. The van der Waals surface area contributed by atoms with E-state index in [4.69, 9.17) is 0 Å². The Balaban J connectivity index is 2.32. The van der Waals surface area contributed by atoms with Crippen molar-refractivity contribution in [1.82, 2.24) is 9.97 Å². The Hall–Kier alpha value is -1.20. The Morgan fingerprint density at radius 1 is 1.06 bits per heavy atom. The minimum Gasteiger partial charge on any atom is -0.288 e. The molecule has 0 aliphatic rings. The largest absolute Gasteiger partial charge is 0.288 e. The lowest BCUT2D eigenvalue weighted by molar-refractivity contribution is 0.103. The van der Waals surface area contributed by atoms with E-state index in [0.29, 0.717) is 16.3 Å². The van der Waals surface area contributed by atoms with Crippen molar-refractivity contribution in [3.05, 3.63) is 52.3 Å². The summed E-state index contributed by atoms with van der Waals surface area (Å²) in [6, 6.07) is 7.14. The Morgan fingerprint density at radius 3 is 2.19 bits per heavy atom. The number of hydrogen-bond donors (Lipinski definition) is 1. The molecular formula is C11H7BrN2OS. The van der Waals surface area contributed by atoms with Gasteiger partial charge in [0.05, 0.1) is 5.56 Å². The van der Waals surface area contributed by atoms with Crippen LogP contribution in [-0.4, -0.2) is 15.8 Å². The third-order valence-corrected chi connectivity index (χ3v) is 2.77. The number of benzene rings is 1. The van der Waals surface area contributed by atoms with Crippen molar-refractivity contribution in [3.63, 3.8) is 0 Å². The molecule has 1 aromatic heterocycles. The Labute approximate surface area is 106 Å². The highest BCUT2D eigenvalue weighted by Gasteiger charge is 2.09. The molecular weight excluding hydrogens is 288 g/mol. The number of thiol groups is 1. The lowest BCUT2D eigenvalue weighted by Gasteiger charge is -2.00. The summed E-state index contributed by atoms with van der Waals surface area (Å²) in [6.07, 6.45) is 2.94. The van der Waals surface area contributed by atoms with E-state index in [2.05, 4.69) is 38.5 Å². The molecule has 16 heavy (non-hydrogen) atoms. The molecule has 2 rings (SSSR count). The van der Waals surface area contributed by atoms with Gasteiger partial charge in [0.25, 0.3) is 0 Å². The molecule has 3 nitrogen and oxygen atoms in total. The zero-order valence-corrected chi connectivity index (χ0v) is 10.6. The van der Waals surface area contributed by atoms with Gasteiger partial charge in [0.1, 0.15) is 0 Å². The highest BCUT2D eigenvalue weighted by Crippen LogP contribution is 2.13. The molecule has 0 unspecified atom stereocenters. The van der Waals surface area contributed by atoms with Crippen LogP contribution in [0.1, 0.15) is 15.9 Å². The van der Waals surface area contributed by atoms with Crippen molar-refractivity contribution < 1.29 is 4.79 Å². The van der Waals surface area contributed by atoms with E-state index in [1.165, 1.54) is 12.4 Å². The van der Waals surface area contributed by atoms with Crippen LogP contribution in [-0.2, 0) is 0 Å². The number of aromatic nitrogens is 2. The van der Waals surface area contributed by atoms with E-state index in [9.17, 15) is 4.79 Å². The maximum absolute atomic E-state index is 11.9. The summed E-state index contributed by atoms with van der Waals surface area (Å²) < 4.78 is 0.936. The Morgan fingerprint density at radius 2 is 1.62 bits per heavy atom. The van der Waals surface area contributed by atoms with Crippen LogP contribution >= 0.6 is 28.6 Å². The van der Waals surface area contributed by atoms with E-state index in [0.717, 1.165) is 4.47 Å². The van der Waals surface area contributed by atoms with Gasteiger partial charge in [0, 0.05) is 22.4 Å². The van der Waals surface area contributed by atoms with Crippen LogP contribution < -0.4 is 0 Å². The van der Waals surface area contributed by atoms with Crippen LogP contribution in [0, 0.1) is 0 Å². The molecule has 2 aromatic rings. The van der Waals surface area contributed by atoms with Crippen LogP contribution in [0.2, 0.25) is 0 Å². The van der Waals surface area contributed by atoms with Crippen LogP contribution in [0.25, 0.3) is 0 Å². The second-order valence-corrected chi connectivity index (χ2v) is 4.42. The lowest BCUT2D eigenvalue weighted by atomic mass is 10.1. The third-order valence-electron chi connectivity index (χ3n) is 2.01. The van der Waals surface area contributed by atoms with E-state index in [1.807, 2.05) is 12.1 Å². The second-order valence-electron chi connectivity index (χ2n) is 3.11. The van der Waals surface area contributed by atoms with Gasteiger partial charge in [-0.2, -0.15) is 0 Å². The fourth-order valence-electron chi connectivity index (χ4n) is 1.21. The van der Waals surface area contributed by atoms with Gasteiger partial charge in [-0.05, 0) is 24.3 Å². The number of carbonyl (C=O) groups excluding carboxylic acids is 1. The summed E-state index contributed by atoms with van der Waals surface area (Å²) in [7, 11) is 0. The standard InChI is InChI=1S/C11H7BrN2OS/c12-9-3-1-7(2-4-9)10(15)8-5-13-11(16)14-6-8/h1-6H,(H,13,14,16). The number of nitrogens with zero attached hydrogens (tertiary/aromatic N) is 2. The number of halogens is 1. The first-order chi connectivity index (χ1) is 7.66. The molecule has 0 aliphatic carbocycles. The third kappa shape index (κ3) is 2.48. The summed E-state index contributed by atoms with van der Waals surface area (Å²) in [6.45, 7) is 0. The summed E-state index contributed by atoms with van der Waals surface area (Å²) >= 11 is 7.28. The predicted octanol–water partition coefficient (Wildman–Crippen LogP) is 2.76. The first kappa shape index (κ1) is 11.3. The van der Waals surface area contributed by atoms with Gasteiger partial charge in [0.15, 0.2) is 10.9 Å². The van der Waals surface area contributed by atoms with Gasteiger partial charge in [-0.15, -0.1) is 12.6 Å². The zero-order chi connectivity index (χ0) is 11.5. The van der Waals surface area contributed by atoms with Crippen LogP contribution in [0.3, 0.4) is 0 Å². The van der Waals surface area contributed by atoms with Crippen molar-refractivity contribution in [3.8, 4) is 0 Å². The summed E-state index contributed by atoms with van der Waals surface area (Å²) in [5.41, 5.74) is 1.07. The smallest absolute Gasteiger partial charge is 0.196 e. The first-order valence-electron chi connectivity index (χ1n) is 4.48. The molecule has 0 spiro atoms. The molecule has 0 amide bonds. The molecule has 0 fully saturated rings. The molecule has 0 N–H and O–H groups in total. The summed E-state index contributed by atoms with van der Waals surface area (Å²) in [4.78, 5) is 19.7. The Kier molecular flexibility index (Phi) is 3.36.